The molecule has 0 aliphatic carbocycles. The topological polar surface area (TPSA) is 42.4 Å². The number of aromatic nitrogens is 1. The van der Waals surface area contributed by atoms with Crippen LogP contribution in [0, 0.1) is 0 Å². The maximum absolute atomic E-state index is 13.5. The Bertz CT molecular complexity index is 953. The zero-order chi connectivity index (χ0) is 20.9. The molecule has 0 atom stereocenters. The third-order valence-corrected chi connectivity index (χ3v) is 5.25. The molecule has 1 aromatic heterocycles. The first-order valence-electron chi connectivity index (χ1n) is 9.43. The summed E-state index contributed by atoms with van der Waals surface area (Å²) in [6, 6.07) is 10.9. The van der Waals surface area contributed by atoms with Gasteiger partial charge in [0.15, 0.2) is 0 Å². The van der Waals surface area contributed by atoms with Crippen molar-refractivity contribution in [3.8, 4) is 22.8 Å². The number of hydrogen-bond acceptors (Lipinski definition) is 4. The molecule has 1 heterocycles. The lowest BCUT2D eigenvalue weighted by Crippen LogP contribution is -2.10. The largest absolute Gasteiger partial charge is 0.508 e. The van der Waals surface area contributed by atoms with Gasteiger partial charge in [-0.1, -0.05) is 38.0 Å². The van der Waals surface area contributed by atoms with Gasteiger partial charge in [-0.15, -0.1) is 11.3 Å². The van der Waals surface area contributed by atoms with Gasteiger partial charge in [-0.05, 0) is 36.2 Å². The Morgan fingerprint density at radius 1 is 1.10 bits per heavy atom. The van der Waals surface area contributed by atoms with Crippen LogP contribution >= 0.6 is 11.3 Å². The lowest BCUT2D eigenvalue weighted by atomic mass is 10.1. The highest BCUT2D eigenvalue weighted by Crippen LogP contribution is 2.37. The van der Waals surface area contributed by atoms with Crippen LogP contribution in [0.1, 0.15) is 42.3 Å². The SMILES string of the molecule is CCCCCOc1ccc(Cc2nc(-c3cccc(O)c3)cs2)cc1C(F)(F)F. The van der Waals surface area contributed by atoms with Gasteiger partial charge in [0, 0.05) is 17.4 Å². The Labute approximate surface area is 171 Å². The molecule has 0 aliphatic rings. The first-order valence-corrected chi connectivity index (χ1v) is 10.3. The molecule has 0 saturated heterocycles. The van der Waals surface area contributed by atoms with Gasteiger partial charge in [-0.25, -0.2) is 4.98 Å². The van der Waals surface area contributed by atoms with Crippen molar-refractivity contribution in [1.82, 2.24) is 4.98 Å². The van der Waals surface area contributed by atoms with Crippen LogP contribution in [0.15, 0.2) is 47.8 Å². The van der Waals surface area contributed by atoms with Crippen molar-refractivity contribution in [2.45, 2.75) is 38.8 Å². The molecule has 1 N–H and O–H groups in total. The molecule has 0 bridgehead atoms. The molecule has 154 valence electrons. The van der Waals surface area contributed by atoms with Crippen LogP contribution in [-0.2, 0) is 12.6 Å². The van der Waals surface area contributed by atoms with Crippen molar-refractivity contribution in [3.63, 3.8) is 0 Å². The molecule has 3 rings (SSSR count). The predicted octanol–water partition coefficient (Wildman–Crippen LogP) is 6.69. The number of thiazole rings is 1. The van der Waals surface area contributed by atoms with Gasteiger partial charge in [-0.3, -0.25) is 0 Å². The fourth-order valence-corrected chi connectivity index (χ4v) is 3.77. The molecule has 0 radical (unpaired) electrons. The number of hydrogen-bond donors (Lipinski definition) is 1. The highest BCUT2D eigenvalue weighted by Gasteiger charge is 2.34. The lowest BCUT2D eigenvalue weighted by Gasteiger charge is -2.15. The second-order valence-corrected chi connectivity index (χ2v) is 7.68. The van der Waals surface area contributed by atoms with Gasteiger partial charge < -0.3 is 9.84 Å². The Morgan fingerprint density at radius 3 is 2.66 bits per heavy atom. The van der Waals surface area contributed by atoms with E-state index in [1.54, 1.807) is 24.3 Å². The maximum atomic E-state index is 13.5. The van der Waals surface area contributed by atoms with Crippen molar-refractivity contribution >= 4 is 11.3 Å². The molecule has 29 heavy (non-hydrogen) atoms. The van der Waals surface area contributed by atoms with Gasteiger partial charge in [0.2, 0.25) is 0 Å². The Hall–Kier alpha value is -2.54. The molecule has 3 nitrogen and oxygen atoms in total. The molecule has 2 aromatic carbocycles. The smallest absolute Gasteiger partial charge is 0.419 e. The molecule has 0 spiro atoms. The van der Waals surface area contributed by atoms with E-state index in [1.165, 1.54) is 17.4 Å². The van der Waals surface area contributed by atoms with Gasteiger partial charge in [0.25, 0.3) is 0 Å². The summed E-state index contributed by atoms with van der Waals surface area (Å²) in [5, 5.41) is 12.1. The summed E-state index contributed by atoms with van der Waals surface area (Å²) in [5.74, 6) is 0.0123. The van der Waals surface area contributed by atoms with E-state index >= 15 is 0 Å². The second-order valence-electron chi connectivity index (χ2n) is 6.74. The van der Waals surface area contributed by atoms with Crippen molar-refractivity contribution < 1.29 is 23.0 Å². The summed E-state index contributed by atoms with van der Waals surface area (Å²) in [6.07, 6.45) is -1.56. The van der Waals surface area contributed by atoms with Crippen LogP contribution in [0.5, 0.6) is 11.5 Å². The third kappa shape index (κ3) is 5.73. The van der Waals surface area contributed by atoms with Gasteiger partial charge in [-0.2, -0.15) is 13.2 Å². The van der Waals surface area contributed by atoms with Crippen LogP contribution in [0.25, 0.3) is 11.3 Å². The minimum atomic E-state index is -4.48. The van der Waals surface area contributed by atoms with Crippen molar-refractivity contribution in [2.75, 3.05) is 6.61 Å². The molecule has 0 amide bonds. The number of alkyl halides is 3. The van der Waals surface area contributed by atoms with Crippen LogP contribution in [0.3, 0.4) is 0 Å². The average Bonchev–Trinajstić information content (AvgIpc) is 3.14. The molecule has 0 saturated carbocycles. The van der Waals surface area contributed by atoms with E-state index in [1.807, 2.05) is 18.4 Å². The van der Waals surface area contributed by atoms with Crippen molar-refractivity contribution in [2.24, 2.45) is 0 Å². The van der Waals surface area contributed by atoms with E-state index in [2.05, 4.69) is 4.98 Å². The lowest BCUT2D eigenvalue weighted by molar-refractivity contribution is -0.139. The standard InChI is InChI=1S/C22H22F3NO2S/c1-2-3-4-10-28-20-9-8-15(11-18(20)22(23,24)25)12-21-26-19(14-29-21)16-6-5-7-17(27)13-16/h5-9,11,13-14,27H,2-4,10,12H2,1H3. The zero-order valence-electron chi connectivity index (χ0n) is 16.0. The van der Waals surface area contributed by atoms with Gasteiger partial charge in [0.05, 0.1) is 22.9 Å². The van der Waals surface area contributed by atoms with E-state index in [0.29, 0.717) is 22.7 Å². The quantitative estimate of drug-likeness (QED) is 0.412. The summed E-state index contributed by atoms with van der Waals surface area (Å²) in [7, 11) is 0. The van der Waals surface area contributed by atoms with Crippen molar-refractivity contribution in [3.05, 3.63) is 64.0 Å². The molecule has 0 aliphatic heterocycles. The molecule has 0 unspecified atom stereocenters. The maximum Gasteiger partial charge on any atom is 0.419 e. The summed E-state index contributed by atoms with van der Waals surface area (Å²) in [4.78, 5) is 4.50. The highest BCUT2D eigenvalue weighted by molar-refractivity contribution is 7.10. The summed E-state index contributed by atoms with van der Waals surface area (Å²) < 4.78 is 45.9. The number of nitrogens with zero attached hydrogens (tertiary/aromatic N) is 1. The van der Waals surface area contributed by atoms with E-state index in [9.17, 15) is 18.3 Å². The summed E-state index contributed by atoms with van der Waals surface area (Å²) in [6.45, 7) is 2.30. The van der Waals surface area contributed by atoms with Crippen molar-refractivity contribution in [1.29, 1.82) is 0 Å². The molecule has 7 heteroatoms. The monoisotopic (exact) mass is 421 g/mol. The van der Waals surface area contributed by atoms with Gasteiger partial charge in [0.1, 0.15) is 11.5 Å². The van der Waals surface area contributed by atoms with E-state index in [0.717, 1.165) is 30.9 Å². The predicted molar refractivity (Wildman–Crippen MR) is 108 cm³/mol. The number of rotatable bonds is 8. The fourth-order valence-electron chi connectivity index (χ4n) is 2.93. The number of phenolic OH excluding ortho intramolecular Hbond substituents is 1. The molecular formula is C22H22F3NO2S. The first kappa shape index (κ1) is 21.2. The number of halogens is 3. The average molecular weight is 421 g/mol. The molecule has 3 aromatic rings. The number of unbranched alkanes of at least 4 members (excludes halogenated alkanes) is 2. The van der Waals surface area contributed by atoms with E-state index in [-0.39, 0.29) is 18.1 Å². The minimum Gasteiger partial charge on any atom is -0.508 e. The van der Waals surface area contributed by atoms with Crippen LogP contribution in [0.2, 0.25) is 0 Å². The van der Waals surface area contributed by atoms with Crippen LogP contribution in [0.4, 0.5) is 13.2 Å². The van der Waals surface area contributed by atoms with Crippen LogP contribution < -0.4 is 4.74 Å². The normalized spacial score (nSPS) is 11.6. The molecule has 0 fully saturated rings. The number of ether oxygens (including phenoxy) is 1. The van der Waals surface area contributed by atoms with Crippen LogP contribution in [-0.4, -0.2) is 16.7 Å². The summed E-state index contributed by atoms with van der Waals surface area (Å²) in [5.41, 5.74) is 1.22. The fraction of sp³-hybridized carbons (Fsp3) is 0.318. The van der Waals surface area contributed by atoms with E-state index in [4.69, 9.17) is 4.74 Å². The second kappa shape index (κ2) is 9.31. The Kier molecular flexibility index (Phi) is 6.79. The Balaban J connectivity index is 1.77. The molecular weight excluding hydrogens is 399 g/mol. The highest BCUT2D eigenvalue weighted by atomic mass is 32.1. The third-order valence-electron chi connectivity index (χ3n) is 4.40. The first-order chi connectivity index (χ1) is 13.9. The van der Waals surface area contributed by atoms with E-state index < -0.39 is 11.7 Å². The minimum absolute atomic E-state index is 0.128. The number of aromatic hydroxyl groups is 1. The number of phenols is 1. The summed E-state index contributed by atoms with van der Waals surface area (Å²) >= 11 is 1.38. The zero-order valence-corrected chi connectivity index (χ0v) is 16.8. The number of benzene rings is 2. The Morgan fingerprint density at radius 2 is 1.93 bits per heavy atom. The van der Waals surface area contributed by atoms with Gasteiger partial charge >= 0.3 is 6.18 Å².